The van der Waals surface area contributed by atoms with E-state index >= 15 is 0 Å². The average Bonchev–Trinajstić information content (AvgIpc) is 3.37. The fraction of sp³-hybridized carbons (Fsp3) is 0.217. The molecule has 0 fully saturated rings. The van der Waals surface area contributed by atoms with Gasteiger partial charge in [0.1, 0.15) is 0 Å². The van der Waals surface area contributed by atoms with Crippen LogP contribution in [0.5, 0.6) is 11.5 Å². The van der Waals surface area contributed by atoms with E-state index in [1.54, 1.807) is 62.1 Å². The molecule has 1 atom stereocenters. The summed E-state index contributed by atoms with van der Waals surface area (Å²) in [5.74, 6) is 0.331. The number of fused-ring (bicyclic) bond motifs is 1. The molecule has 0 bridgehead atoms. The van der Waals surface area contributed by atoms with Crippen LogP contribution in [0.2, 0.25) is 0 Å². The summed E-state index contributed by atoms with van der Waals surface area (Å²) in [6, 6.07) is 14.1. The van der Waals surface area contributed by atoms with Gasteiger partial charge in [0, 0.05) is 10.0 Å². The maximum absolute atomic E-state index is 13.4. The number of carbonyl (C=O) groups excluding carboxylic acids is 2. The molecule has 1 aromatic heterocycles. The molecule has 31 heavy (non-hydrogen) atoms. The van der Waals surface area contributed by atoms with Gasteiger partial charge in [-0.2, -0.15) is 0 Å². The zero-order chi connectivity index (χ0) is 22.2. The number of ether oxygens (including phenoxy) is 2. The number of methoxy groups -OCH3 is 2. The quantitative estimate of drug-likeness (QED) is 0.481. The minimum absolute atomic E-state index is 0.212. The molecule has 0 aliphatic carbocycles. The van der Waals surface area contributed by atoms with Gasteiger partial charge in [-0.15, -0.1) is 11.3 Å². The normalized spacial score (nSPS) is 17.5. The monoisotopic (exact) mass is 501 g/mol. The maximum Gasteiger partial charge on any atom is 0.264 e. The first-order chi connectivity index (χ1) is 14.9. The Kier molecular flexibility index (Phi) is 5.88. The molecular formula is C23H20BrNO5S. The molecule has 6 nitrogen and oxygen atoms in total. The van der Waals surface area contributed by atoms with Gasteiger partial charge in [0.2, 0.25) is 0 Å². The number of rotatable bonds is 7. The number of ketones is 1. The number of nitrogens with zero attached hydrogens (tertiary/aromatic N) is 1. The Bertz CT molecular complexity index is 1150. The van der Waals surface area contributed by atoms with Crippen molar-refractivity contribution in [1.29, 1.82) is 0 Å². The van der Waals surface area contributed by atoms with Crippen molar-refractivity contribution in [1.82, 2.24) is 0 Å². The molecule has 0 saturated carbocycles. The van der Waals surface area contributed by atoms with E-state index < -0.39 is 11.5 Å². The van der Waals surface area contributed by atoms with Gasteiger partial charge in [0.15, 0.2) is 22.9 Å². The zero-order valence-electron chi connectivity index (χ0n) is 16.9. The van der Waals surface area contributed by atoms with Crippen molar-refractivity contribution in [3.8, 4) is 11.5 Å². The molecule has 2 heterocycles. The van der Waals surface area contributed by atoms with Crippen LogP contribution in [0.3, 0.4) is 0 Å². The SMILES string of the molecule is COc1ccc(CN2C(=O)C(O)(CC(=O)c3cccs3)c3cc(Br)ccc32)cc1OC. The van der Waals surface area contributed by atoms with Gasteiger partial charge in [-0.1, -0.05) is 28.1 Å². The number of hydrogen-bond acceptors (Lipinski definition) is 6. The molecule has 160 valence electrons. The lowest BCUT2D eigenvalue weighted by Gasteiger charge is -2.23. The molecule has 3 aromatic rings. The molecule has 0 spiro atoms. The fourth-order valence-corrected chi connectivity index (χ4v) is 4.79. The number of aliphatic hydroxyl groups is 1. The van der Waals surface area contributed by atoms with Gasteiger partial charge in [-0.3, -0.25) is 9.59 Å². The lowest BCUT2D eigenvalue weighted by atomic mass is 9.89. The van der Waals surface area contributed by atoms with Crippen molar-refractivity contribution >= 4 is 44.6 Å². The lowest BCUT2D eigenvalue weighted by molar-refractivity contribution is -0.136. The lowest BCUT2D eigenvalue weighted by Crippen LogP contribution is -2.41. The molecule has 1 unspecified atom stereocenters. The first-order valence-electron chi connectivity index (χ1n) is 9.49. The van der Waals surface area contributed by atoms with E-state index in [1.165, 1.54) is 16.2 Å². The van der Waals surface area contributed by atoms with E-state index in [1.807, 2.05) is 6.07 Å². The van der Waals surface area contributed by atoms with Crippen LogP contribution in [-0.2, 0) is 16.9 Å². The summed E-state index contributed by atoms with van der Waals surface area (Å²) in [5, 5.41) is 13.3. The molecule has 1 aliphatic rings. The summed E-state index contributed by atoms with van der Waals surface area (Å²) in [6.07, 6.45) is -0.321. The van der Waals surface area contributed by atoms with Gasteiger partial charge in [-0.25, -0.2) is 0 Å². The molecule has 2 aromatic carbocycles. The van der Waals surface area contributed by atoms with E-state index in [0.717, 1.165) is 5.56 Å². The van der Waals surface area contributed by atoms with Crippen molar-refractivity contribution in [2.75, 3.05) is 19.1 Å². The van der Waals surface area contributed by atoms with Gasteiger partial charge in [-0.05, 0) is 47.3 Å². The molecule has 4 rings (SSSR count). The first-order valence-corrected chi connectivity index (χ1v) is 11.2. The number of benzene rings is 2. The second-order valence-corrected chi connectivity index (χ2v) is 9.04. The highest BCUT2D eigenvalue weighted by Gasteiger charge is 2.51. The molecule has 1 amide bonds. The number of carbonyl (C=O) groups is 2. The maximum atomic E-state index is 13.4. The standard InChI is InChI=1S/C23H20BrNO5S/c1-29-19-8-5-14(10-20(19)30-2)13-25-17-7-6-15(24)11-16(17)23(28,22(25)27)12-18(26)21-4-3-9-31-21/h3-11,28H,12-13H2,1-2H3. The van der Waals surface area contributed by atoms with Gasteiger partial charge < -0.3 is 19.5 Å². The van der Waals surface area contributed by atoms with Crippen LogP contribution in [0.1, 0.15) is 27.2 Å². The molecule has 0 saturated heterocycles. The van der Waals surface area contributed by atoms with E-state index in [0.29, 0.717) is 32.1 Å². The molecule has 1 aliphatic heterocycles. The molecule has 0 radical (unpaired) electrons. The third-order valence-electron chi connectivity index (χ3n) is 5.29. The van der Waals surface area contributed by atoms with Crippen molar-refractivity contribution < 1.29 is 24.2 Å². The highest BCUT2D eigenvalue weighted by atomic mass is 79.9. The van der Waals surface area contributed by atoms with Gasteiger partial charge >= 0.3 is 0 Å². The van der Waals surface area contributed by atoms with Crippen LogP contribution >= 0.6 is 27.3 Å². The number of halogens is 1. The number of thiophene rings is 1. The average molecular weight is 502 g/mol. The second-order valence-electron chi connectivity index (χ2n) is 7.18. The van der Waals surface area contributed by atoms with Crippen LogP contribution in [-0.4, -0.2) is 31.0 Å². The predicted molar refractivity (Wildman–Crippen MR) is 122 cm³/mol. The van der Waals surface area contributed by atoms with E-state index in [2.05, 4.69) is 15.9 Å². The topological polar surface area (TPSA) is 76.1 Å². The fourth-order valence-electron chi connectivity index (χ4n) is 3.77. The Balaban J connectivity index is 1.70. The van der Waals surface area contributed by atoms with Crippen molar-refractivity contribution in [2.24, 2.45) is 0 Å². The Labute approximate surface area is 192 Å². The summed E-state index contributed by atoms with van der Waals surface area (Å²) in [4.78, 5) is 28.2. The molecule has 8 heteroatoms. The summed E-state index contributed by atoms with van der Waals surface area (Å²) in [5.41, 5.74) is -0.146. The number of amides is 1. The third-order valence-corrected chi connectivity index (χ3v) is 6.70. The van der Waals surface area contributed by atoms with E-state index in [9.17, 15) is 14.7 Å². The van der Waals surface area contributed by atoms with Crippen molar-refractivity contribution in [2.45, 2.75) is 18.6 Å². The molecule has 1 N–H and O–H groups in total. The third kappa shape index (κ3) is 3.86. The highest BCUT2D eigenvalue weighted by Crippen LogP contribution is 2.45. The van der Waals surface area contributed by atoms with Crippen molar-refractivity contribution in [3.05, 3.63) is 74.4 Å². The Morgan fingerprint density at radius 3 is 2.58 bits per heavy atom. The van der Waals surface area contributed by atoms with Crippen LogP contribution in [0, 0.1) is 0 Å². The highest BCUT2D eigenvalue weighted by molar-refractivity contribution is 9.10. The van der Waals surface area contributed by atoms with Crippen LogP contribution < -0.4 is 14.4 Å². The van der Waals surface area contributed by atoms with E-state index in [-0.39, 0.29) is 18.7 Å². The first kappa shape index (κ1) is 21.5. The zero-order valence-corrected chi connectivity index (χ0v) is 19.3. The van der Waals surface area contributed by atoms with Crippen molar-refractivity contribution in [3.63, 3.8) is 0 Å². The minimum Gasteiger partial charge on any atom is -0.493 e. The van der Waals surface area contributed by atoms with Gasteiger partial charge in [0.05, 0.1) is 37.7 Å². The summed E-state index contributed by atoms with van der Waals surface area (Å²) >= 11 is 4.70. The number of anilines is 1. The van der Waals surface area contributed by atoms with Crippen LogP contribution in [0.4, 0.5) is 5.69 Å². The number of hydrogen-bond donors (Lipinski definition) is 1. The second kappa shape index (κ2) is 8.45. The smallest absolute Gasteiger partial charge is 0.264 e. The Morgan fingerprint density at radius 1 is 1.13 bits per heavy atom. The Morgan fingerprint density at radius 2 is 1.90 bits per heavy atom. The largest absolute Gasteiger partial charge is 0.493 e. The predicted octanol–water partition coefficient (Wildman–Crippen LogP) is 4.54. The minimum atomic E-state index is -1.93. The van der Waals surface area contributed by atoms with E-state index in [4.69, 9.17) is 9.47 Å². The summed E-state index contributed by atoms with van der Waals surface area (Å²) < 4.78 is 11.4. The van der Waals surface area contributed by atoms with Crippen LogP contribution in [0.15, 0.2) is 58.4 Å². The Hall–Kier alpha value is -2.68. The molecular weight excluding hydrogens is 482 g/mol. The summed E-state index contributed by atoms with van der Waals surface area (Å²) in [6.45, 7) is 0.212. The number of Topliss-reactive ketones (excluding diaryl/α,β-unsaturated/α-hetero) is 1. The summed E-state index contributed by atoms with van der Waals surface area (Å²) in [7, 11) is 3.10. The van der Waals surface area contributed by atoms with Gasteiger partial charge in [0.25, 0.3) is 5.91 Å². The van der Waals surface area contributed by atoms with Crippen LogP contribution in [0.25, 0.3) is 0 Å².